The highest BCUT2D eigenvalue weighted by Crippen LogP contribution is 2.29. The Morgan fingerprint density at radius 1 is 1.53 bits per heavy atom. The number of aliphatic hydroxyl groups is 2. The van der Waals surface area contributed by atoms with E-state index in [0.717, 1.165) is 18.2 Å². The molecule has 1 rings (SSSR count). The Morgan fingerprint density at radius 3 is 2.68 bits per heavy atom. The lowest BCUT2D eigenvalue weighted by atomic mass is 10.0. The summed E-state index contributed by atoms with van der Waals surface area (Å²) in [6, 6.07) is 3.01. The van der Waals surface area contributed by atoms with Crippen LogP contribution in [0.15, 0.2) is 18.2 Å². The van der Waals surface area contributed by atoms with Crippen LogP contribution in [-0.2, 0) is 9.53 Å². The fourth-order valence-corrected chi connectivity index (χ4v) is 1.49. The Hall–Kier alpha value is -2.06. The first-order valence-electron chi connectivity index (χ1n) is 5.35. The van der Waals surface area contributed by atoms with E-state index in [2.05, 4.69) is 4.74 Å². The lowest BCUT2D eigenvalue weighted by molar-refractivity contribution is -0.389. The average Bonchev–Trinajstić information content (AvgIpc) is 2.36. The van der Waals surface area contributed by atoms with Crippen molar-refractivity contribution in [1.29, 1.82) is 0 Å². The lowest BCUT2D eigenvalue weighted by Crippen LogP contribution is -2.30. The largest absolute Gasteiger partial charge is 0.464 e. The fourth-order valence-electron chi connectivity index (χ4n) is 1.49. The quantitative estimate of drug-likeness (QED) is 0.464. The van der Waals surface area contributed by atoms with Gasteiger partial charge in [0.2, 0.25) is 5.82 Å². The maximum atomic E-state index is 13.3. The van der Waals surface area contributed by atoms with Crippen LogP contribution in [0.1, 0.15) is 18.6 Å². The highest BCUT2D eigenvalue weighted by molar-refractivity contribution is 5.75. The highest BCUT2D eigenvalue weighted by Gasteiger charge is 2.33. The van der Waals surface area contributed by atoms with Crippen molar-refractivity contribution in [3.05, 3.63) is 39.7 Å². The number of nitro benzene ring substituents is 1. The molecule has 0 aliphatic rings. The molecule has 2 unspecified atom stereocenters. The minimum absolute atomic E-state index is 0.0339. The van der Waals surface area contributed by atoms with Gasteiger partial charge in [0.15, 0.2) is 6.10 Å². The number of nitrogens with zero attached hydrogens (tertiary/aromatic N) is 1. The molecular weight excluding hydrogens is 261 g/mol. The van der Waals surface area contributed by atoms with Crippen molar-refractivity contribution < 1.29 is 29.1 Å². The van der Waals surface area contributed by atoms with Gasteiger partial charge in [-0.1, -0.05) is 6.07 Å². The first-order valence-corrected chi connectivity index (χ1v) is 5.35. The number of aliphatic hydroxyl groups excluding tert-OH is 2. The molecule has 19 heavy (non-hydrogen) atoms. The van der Waals surface area contributed by atoms with Gasteiger partial charge in [-0.3, -0.25) is 10.1 Å². The van der Waals surface area contributed by atoms with E-state index in [1.165, 1.54) is 6.92 Å². The van der Waals surface area contributed by atoms with Crippen molar-refractivity contribution in [1.82, 2.24) is 0 Å². The van der Waals surface area contributed by atoms with Gasteiger partial charge in [0.25, 0.3) is 0 Å². The van der Waals surface area contributed by atoms with E-state index in [1.807, 2.05) is 0 Å². The zero-order valence-corrected chi connectivity index (χ0v) is 9.95. The van der Waals surface area contributed by atoms with E-state index in [1.54, 1.807) is 0 Å². The predicted molar refractivity (Wildman–Crippen MR) is 60.7 cm³/mol. The summed E-state index contributed by atoms with van der Waals surface area (Å²) in [7, 11) is 0. The number of carbonyl (C=O) groups is 1. The van der Waals surface area contributed by atoms with Crippen LogP contribution >= 0.6 is 0 Å². The number of nitro groups is 1. The molecule has 0 saturated heterocycles. The molecule has 8 heteroatoms. The van der Waals surface area contributed by atoms with Crippen LogP contribution in [-0.4, -0.2) is 33.8 Å². The lowest BCUT2D eigenvalue weighted by Gasteiger charge is -2.16. The Kier molecular flexibility index (Phi) is 4.90. The van der Waals surface area contributed by atoms with Crippen molar-refractivity contribution in [2.75, 3.05) is 6.61 Å². The molecule has 0 aliphatic carbocycles. The molecule has 2 N–H and O–H groups in total. The van der Waals surface area contributed by atoms with E-state index in [0.29, 0.717) is 0 Å². The molecule has 0 saturated carbocycles. The van der Waals surface area contributed by atoms with E-state index >= 15 is 0 Å². The van der Waals surface area contributed by atoms with Crippen LogP contribution in [0.25, 0.3) is 0 Å². The molecule has 7 nitrogen and oxygen atoms in total. The second-order valence-electron chi connectivity index (χ2n) is 3.58. The Balaban J connectivity index is 3.12. The van der Waals surface area contributed by atoms with Gasteiger partial charge < -0.3 is 14.9 Å². The molecule has 0 aromatic heterocycles. The Labute approximate surface area is 107 Å². The predicted octanol–water partition coefficient (Wildman–Crippen LogP) is 0.691. The summed E-state index contributed by atoms with van der Waals surface area (Å²) < 4.78 is 17.8. The summed E-state index contributed by atoms with van der Waals surface area (Å²) in [5, 5.41) is 29.9. The average molecular weight is 273 g/mol. The molecule has 0 fully saturated rings. The maximum absolute atomic E-state index is 13.3. The second kappa shape index (κ2) is 6.21. The van der Waals surface area contributed by atoms with E-state index < -0.39 is 40.2 Å². The smallest absolute Gasteiger partial charge is 0.338 e. The molecule has 0 aliphatic heterocycles. The van der Waals surface area contributed by atoms with Crippen LogP contribution < -0.4 is 0 Å². The number of ether oxygens (including phenoxy) is 1. The third-order valence-electron chi connectivity index (χ3n) is 2.35. The molecule has 0 bridgehead atoms. The van der Waals surface area contributed by atoms with Gasteiger partial charge in [0, 0.05) is 0 Å². The van der Waals surface area contributed by atoms with Crippen LogP contribution in [0, 0.1) is 15.9 Å². The highest BCUT2D eigenvalue weighted by atomic mass is 19.1. The summed E-state index contributed by atoms with van der Waals surface area (Å²) >= 11 is 0. The minimum Gasteiger partial charge on any atom is -0.464 e. The van der Waals surface area contributed by atoms with Crippen molar-refractivity contribution >= 4 is 11.7 Å². The minimum atomic E-state index is -2.03. The Morgan fingerprint density at radius 2 is 2.16 bits per heavy atom. The number of esters is 1. The molecule has 0 heterocycles. The van der Waals surface area contributed by atoms with Gasteiger partial charge in [-0.25, -0.2) is 4.79 Å². The van der Waals surface area contributed by atoms with Crippen LogP contribution in [0.5, 0.6) is 0 Å². The maximum Gasteiger partial charge on any atom is 0.338 e. The normalized spacial score (nSPS) is 13.7. The van der Waals surface area contributed by atoms with Gasteiger partial charge in [-0.05, 0) is 19.1 Å². The molecule has 1 aromatic carbocycles. The molecule has 104 valence electrons. The zero-order valence-electron chi connectivity index (χ0n) is 9.95. The number of carbonyl (C=O) groups excluding carboxylic acids is 1. The number of para-hydroxylation sites is 1. The summed E-state index contributed by atoms with van der Waals surface area (Å²) in [4.78, 5) is 20.9. The summed E-state index contributed by atoms with van der Waals surface area (Å²) in [5.41, 5.74) is -1.48. The number of halogens is 1. The standard InChI is InChI=1S/C11H12FNO6/c1-2-19-11(16)10(15)9(14)6-4-3-5-7(12)8(6)13(17)18/h3-5,9-10,14-15H,2H2,1H3. The van der Waals surface area contributed by atoms with Crippen LogP contribution in [0.3, 0.4) is 0 Å². The molecule has 0 radical (unpaired) electrons. The van der Waals surface area contributed by atoms with E-state index in [9.17, 15) is 29.5 Å². The number of hydrogen-bond acceptors (Lipinski definition) is 6. The number of benzene rings is 1. The molecular formula is C11H12FNO6. The van der Waals surface area contributed by atoms with Gasteiger partial charge in [0.1, 0.15) is 6.10 Å². The van der Waals surface area contributed by atoms with Gasteiger partial charge >= 0.3 is 11.7 Å². The fraction of sp³-hybridized carbons (Fsp3) is 0.364. The molecule has 1 aromatic rings. The topological polar surface area (TPSA) is 110 Å². The Bertz CT molecular complexity index is 492. The third kappa shape index (κ3) is 3.24. The summed E-state index contributed by atoms with van der Waals surface area (Å²) in [6.45, 7) is 1.45. The van der Waals surface area contributed by atoms with Crippen molar-refractivity contribution in [3.63, 3.8) is 0 Å². The SMILES string of the molecule is CCOC(=O)C(O)C(O)c1cccc(F)c1[N+](=O)[O-]. The van der Waals surface area contributed by atoms with E-state index in [4.69, 9.17) is 0 Å². The van der Waals surface area contributed by atoms with Crippen molar-refractivity contribution in [3.8, 4) is 0 Å². The first-order chi connectivity index (χ1) is 8.90. The van der Waals surface area contributed by atoms with Crippen molar-refractivity contribution in [2.45, 2.75) is 19.1 Å². The van der Waals surface area contributed by atoms with Crippen LogP contribution in [0.4, 0.5) is 10.1 Å². The third-order valence-corrected chi connectivity index (χ3v) is 2.35. The molecule has 0 spiro atoms. The summed E-state index contributed by atoms with van der Waals surface area (Å²) in [6.07, 6.45) is -3.98. The summed E-state index contributed by atoms with van der Waals surface area (Å²) in [5.74, 6) is -2.31. The zero-order chi connectivity index (χ0) is 14.6. The molecule has 0 amide bonds. The van der Waals surface area contributed by atoms with Gasteiger partial charge in [0.05, 0.1) is 17.1 Å². The van der Waals surface area contributed by atoms with Crippen LogP contribution in [0.2, 0.25) is 0 Å². The first kappa shape index (κ1) is 15.0. The second-order valence-corrected chi connectivity index (χ2v) is 3.58. The molecule has 2 atom stereocenters. The van der Waals surface area contributed by atoms with Crippen molar-refractivity contribution in [2.24, 2.45) is 0 Å². The monoisotopic (exact) mass is 273 g/mol. The number of rotatable bonds is 5. The van der Waals surface area contributed by atoms with Gasteiger partial charge in [-0.2, -0.15) is 4.39 Å². The van der Waals surface area contributed by atoms with Gasteiger partial charge in [-0.15, -0.1) is 0 Å². The number of hydrogen-bond donors (Lipinski definition) is 2. The van der Waals surface area contributed by atoms with E-state index in [-0.39, 0.29) is 6.61 Å².